The summed E-state index contributed by atoms with van der Waals surface area (Å²) in [4.78, 5) is 0. The number of hydrogen-bond acceptors (Lipinski definition) is 4. The zero-order chi connectivity index (χ0) is 13.5. The highest BCUT2D eigenvalue weighted by Gasteiger charge is 2.53. The molecule has 104 valence electrons. The van der Waals surface area contributed by atoms with Crippen molar-refractivity contribution < 1.29 is 19.3 Å². The van der Waals surface area contributed by atoms with Crippen LogP contribution in [0.1, 0.15) is 25.8 Å². The van der Waals surface area contributed by atoms with E-state index in [1.807, 2.05) is 32.0 Å². The first-order valence-corrected chi connectivity index (χ1v) is 6.78. The maximum absolute atomic E-state index is 10.2. The fraction of sp³-hybridized carbons (Fsp3) is 0.600. The van der Waals surface area contributed by atoms with E-state index in [4.69, 9.17) is 14.2 Å². The molecule has 1 aromatic carbocycles. The summed E-state index contributed by atoms with van der Waals surface area (Å²) in [5, 5.41) is 10.2. The average molecular weight is 264 g/mol. The number of aryl methyl sites for hydroxylation is 1. The van der Waals surface area contributed by atoms with Gasteiger partial charge in [-0.3, -0.25) is 0 Å². The maximum atomic E-state index is 10.2. The van der Waals surface area contributed by atoms with Crippen LogP contribution in [0, 0.1) is 0 Å². The molecule has 0 aromatic heterocycles. The van der Waals surface area contributed by atoms with Crippen LogP contribution in [0.15, 0.2) is 30.3 Å². The van der Waals surface area contributed by atoms with Gasteiger partial charge in [-0.15, -0.1) is 0 Å². The Morgan fingerprint density at radius 2 is 1.89 bits per heavy atom. The van der Waals surface area contributed by atoms with Gasteiger partial charge in [0.25, 0.3) is 0 Å². The molecule has 2 aliphatic rings. The number of rotatable bonds is 3. The summed E-state index contributed by atoms with van der Waals surface area (Å²) in [5.41, 5.74) is 1.25. The molecule has 1 N–H and O–H groups in total. The Bertz CT molecular complexity index is 431. The second-order valence-electron chi connectivity index (χ2n) is 5.66. The van der Waals surface area contributed by atoms with Gasteiger partial charge in [0.2, 0.25) is 0 Å². The Morgan fingerprint density at radius 1 is 1.16 bits per heavy atom. The lowest BCUT2D eigenvalue weighted by atomic mass is 10.0. The van der Waals surface area contributed by atoms with Gasteiger partial charge in [-0.1, -0.05) is 30.3 Å². The largest absolute Gasteiger partial charge is 0.387 e. The maximum Gasteiger partial charge on any atom is 0.190 e. The highest BCUT2D eigenvalue weighted by Crippen LogP contribution is 2.38. The highest BCUT2D eigenvalue weighted by atomic mass is 16.8. The smallest absolute Gasteiger partial charge is 0.190 e. The van der Waals surface area contributed by atoms with Crippen LogP contribution in [0.4, 0.5) is 0 Å². The summed E-state index contributed by atoms with van der Waals surface area (Å²) in [6.07, 6.45) is 0.0137. The van der Waals surface area contributed by atoms with Crippen LogP contribution in [0.3, 0.4) is 0 Å². The van der Waals surface area contributed by atoms with E-state index in [9.17, 15) is 5.11 Å². The van der Waals surface area contributed by atoms with Gasteiger partial charge in [-0.25, -0.2) is 0 Å². The summed E-state index contributed by atoms with van der Waals surface area (Å²) in [5.74, 6) is -0.666. The number of benzene rings is 1. The average Bonchev–Trinajstić information content (AvgIpc) is 2.83. The summed E-state index contributed by atoms with van der Waals surface area (Å²) in [7, 11) is 0. The molecule has 1 aromatic rings. The van der Waals surface area contributed by atoms with Crippen LogP contribution in [-0.2, 0) is 20.6 Å². The first kappa shape index (κ1) is 13.1. The lowest BCUT2D eigenvalue weighted by Crippen LogP contribution is -2.34. The minimum Gasteiger partial charge on any atom is -0.387 e. The van der Waals surface area contributed by atoms with Gasteiger partial charge in [0.1, 0.15) is 12.2 Å². The van der Waals surface area contributed by atoms with Crippen molar-refractivity contribution in [3.05, 3.63) is 35.9 Å². The molecule has 19 heavy (non-hydrogen) atoms. The van der Waals surface area contributed by atoms with Gasteiger partial charge in [0, 0.05) is 0 Å². The van der Waals surface area contributed by atoms with E-state index in [-0.39, 0.29) is 12.2 Å². The molecule has 0 aliphatic carbocycles. The van der Waals surface area contributed by atoms with Crippen LogP contribution >= 0.6 is 0 Å². The van der Waals surface area contributed by atoms with E-state index in [1.54, 1.807) is 0 Å². The molecule has 2 aliphatic heterocycles. The van der Waals surface area contributed by atoms with Gasteiger partial charge in [0.05, 0.1) is 6.10 Å². The van der Waals surface area contributed by atoms with Crippen molar-refractivity contribution in [3.8, 4) is 0 Å². The van der Waals surface area contributed by atoms with Crippen molar-refractivity contribution in [3.63, 3.8) is 0 Å². The van der Waals surface area contributed by atoms with Crippen LogP contribution in [-0.4, -0.2) is 35.5 Å². The molecular weight excluding hydrogens is 244 g/mol. The van der Waals surface area contributed by atoms with Crippen molar-refractivity contribution in [2.24, 2.45) is 0 Å². The molecule has 0 radical (unpaired) electrons. The van der Waals surface area contributed by atoms with Crippen molar-refractivity contribution >= 4 is 0 Å². The van der Waals surface area contributed by atoms with Gasteiger partial charge < -0.3 is 19.3 Å². The minimum absolute atomic E-state index is 0.216. The number of aliphatic hydroxyl groups is 1. The normalized spacial score (nSPS) is 36.4. The van der Waals surface area contributed by atoms with Gasteiger partial charge in [-0.2, -0.15) is 0 Å². The molecule has 0 amide bonds. The van der Waals surface area contributed by atoms with Crippen LogP contribution in [0.25, 0.3) is 0 Å². The monoisotopic (exact) mass is 264 g/mol. The molecule has 0 spiro atoms. The molecule has 2 heterocycles. The number of ether oxygens (including phenoxy) is 3. The SMILES string of the molecule is CC1(C)OC2C(O)[C@@H](CCc3ccccc3)O[C@@H]2O1. The minimum atomic E-state index is -0.666. The van der Waals surface area contributed by atoms with Gasteiger partial charge in [0.15, 0.2) is 12.1 Å². The Morgan fingerprint density at radius 3 is 2.58 bits per heavy atom. The van der Waals surface area contributed by atoms with Crippen molar-refractivity contribution in [2.45, 2.75) is 57.1 Å². The molecule has 3 rings (SSSR count). The second kappa shape index (κ2) is 4.87. The third-order valence-corrected chi connectivity index (χ3v) is 3.67. The lowest BCUT2D eigenvalue weighted by molar-refractivity contribution is -0.215. The van der Waals surface area contributed by atoms with Gasteiger partial charge >= 0.3 is 0 Å². The van der Waals surface area contributed by atoms with Gasteiger partial charge in [-0.05, 0) is 32.3 Å². The van der Waals surface area contributed by atoms with E-state index >= 15 is 0 Å². The predicted molar refractivity (Wildman–Crippen MR) is 69.5 cm³/mol. The molecule has 0 bridgehead atoms. The lowest BCUT2D eigenvalue weighted by Gasteiger charge is -2.22. The van der Waals surface area contributed by atoms with Crippen molar-refractivity contribution in [1.29, 1.82) is 0 Å². The molecule has 2 fully saturated rings. The quantitative estimate of drug-likeness (QED) is 0.905. The van der Waals surface area contributed by atoms with Crippen LogP contribution in [0.2, 0.25) is 0 Å². The zero-order valence-corrected chi connectivity index (χ0v) is 11.3. The Hall–Kier alpha value is -0.940. The van der Waals surface area contributed by atoms with Crippen molar-refractivity contribution in [2.75, 3.05) is 0 Å². The third-order valence-electron chi connectivity index (χ3n) is 3.67. The Kier molecular flexibility index (Phi) is 3.35. The molecule has 4 atom stereocenters. The van der Waals surface area contributed by atoms with E-state index in [0.717, 1.165) is 12.8 Å². The molecule has 0 saturated carbocycles. The highest BCUT2D eigenvalue weighted by molar-refractivity contribution is 5.15. The standard InChI is InChI=1S/C15H20O4/c1-15(2)18-13-12(16)11(17-14(13)19-15)9-8-10-6-4-3-5-7-10/h3-7,11-14,16H,8-9H2,1-2H3/t11-,12?,13?,14-/m1/s1. The van der Waals surface area contributed by atoms with E-state index < -0.39 is 18.2 Å². The summed E-state index contributed by atoms with van der Waals surface area (Å²) < 4.78 is 17.0. The van der Waals surface area contributed by atoms with Crippen molar-refractivity contribution in [1.82, 2.24) is 0 Å². The summed E-state index contributed by atoms with van der Waals surface area (Å²) in [6.45, 7) is 3.67. The number of aliphatic hydroxyl groups excluding tert-OH is 1. The predicted octanol–water partition coefficient (Wildman–Crippen LogP) is 1.86. The fourth-order valence-electron chi connectivity index (χ4n) is 2.75. The van der Waals surface area contributed by atoms with E-state index in [0.29, 0.717) is 0 Å². The molecule has 4 heteroatoms. The van der Waals surface area contributed by atoms with E-state index in [2.05, 4.69) is 12.1 Å². The molecule has 4 nitrogen and oxygen atoms in total. The van der Waals surface area contributed by atoms with Crippen LogP contribution in [0.5, 0.6) is 0 Å². The fourth-order valence-corrected chi connectivity index (χ4v) is 2.75. The number of fused-ring (bicyclic) bond motifs is 1. The first-order valence-electron chi connectivity index (χ1n) is 6.78. The Labute approximate surface area is 113 Å². The second-order valence-corrected chi connectivity index (χ2v) is 5.66. The molecular formula is C15H20O4. The molecule has 2 unspecified atom stereocenters. The third kappa shape index (κ3) is 2.67. The van der Waals surface area contributed by atoms with E-state index in [1.165, 1.54) is 5.56 Å². The summed E-state index contributed by atoms with van der Waals surface area (Å²) in [6, 6.07) is 10.2. The van der Waals surface area contributed by atoms with Crippen LogP contribution < -0.4 is 0 Å². The first-order chi connectivity index (χ1) is 9.05. The summed E-state index contributed by atoms with van der Waals surface area (Å²) >= 11 is 0. The molecule has 2 saturated heterocycles. The zero-order valence-electron chi connectivity index (χ0n) is 11.3. The number of hydrogen-bond donors (Lipinski definition) is 1. The Balaban J connectivity index is 1.57. The topological polar surface area (TPSA) is 47.9 Å².